The topological polar surface area (TPSA) is 43.9 Å². The molecule has 6 heteroatoms. The van der Waals surface area contributed by atoms with Crippen molar-refractivity contribution >= 4 is 23.1 Å². The molecule has 1 atom stereocenters. The van der Waals surface area contributed by atoms with Crippen LogP contribution in [0.15, 0.2) is 42.5 Å². The molecule has 158 valence electrons. The van der Waals surface area contributed by atoms with Crippen LogP contribution in [0.4, 0.5) is 15.8 Å². The number of ketones is 1. The molecule has 1 fully saturated rings. The number of carbonyl (C=O) groups excluding carboxylic acids is 2. The number of aryl methyl sites for hydroxylation is 1. The molecule has 1 saturated heterocycles. The summed E-state index contributed by atoms with van der Waals surface area (Å²) in [5.41, 5.74) is 3.17. The van der Waals surface area contributed by atoms with Crippen molar-refractivity contribution < 1.29 is 14.0 Å². The number of fused-ring (bicyclic) bond motifs is 1. The molecule has 30 heavy (non-hydrogen) atoms. The Hall–Kier alpha value is -2.73. The lowest BCUT2D eigenvalue weighted by atomic mass is 10.0. The van der Waals surface area contributed by atoms with E-state index in [9.17, 15) is 14.0 Å². The molecule has 0 saturated carbocycles. The van der Waals surface area contributed by atoms with E-state index in [0.29, 0.717) is 37.4 Å². The van der Waals surface area contributed by atoms with Gasteiger partial charge >= 0.3 is 0 Å². The van der Waals surface area contributed by atoms with Gasteiger partial charge < -0.3 is 9.80 Å². The van der Waals surface area contributed by atoms with Crippen molar-refractivity contribution in [2.45, 2.75) is 32.7 Å². The van der Waals surface area contributed by atoms with Gasteiger partial charge in [-0.2, -0.15) is 0 Å². The number of benzene rings is 2. The van der Waals surface area contributed by atoms with E-state index in [-0.39, 0.29) is 23.5 Å². The molecule has 0 aromatic heterocycles. The molecule has 5 nitrogen and oxygen atoms in total. The fourth-order valence-corrected chi connectivity index (χ4v) is 4.48. The zero-order valence-electron chi connectivity index (χ0n) is 17.6. The molecule has 0 radical (unpaired) electrons. The molecule has 2 aromatic rings. The number of carbonyl (C=O) groups is 2. The first-order valence-corrected chi connectivity index (χ1v) is 10.6. The van der Waals surface area contributed by atoms with Gasteiger partial charge in [0.05, 0.1) is 11.7 Å². The maximum Gasteiger partial charge on any atom is 0.244 e. The SMILES string of the molecule is CC(=O)c1ccc(N2CCN(C(C)C(=O)N3CCCc4ccccc43)CC2)c(F)c1. The fourth-order valence-electron chi connectivity index (χ4n) is 4.48. The number of Topliss-reactive ketones (excluding diaryl/α,β-unsaturated/α-hetero) is 1. The van der Waals surface area contributed by atoms with Crippen molar-refractivity contribution in [3.8, 4) is 0 Å². The molecule has 1 unspecified atom stereocenters. The smallest absolute Gasteiger partial charge is 0.244 e. The van der Waals surface area contributed by atoms with Gasteiger partial charge in [-0.3, -0.25) is 14.5 Å². The third-order valence-corrected chi connectivity index (χ3v) is 6.29. The molecule has 0 N–H and O–H groups in total. The van der Waals surface area contributed by atoms with Crippen LogP contribution < -0.4 is 9.80 Å². The third-order valence-electron chi connectivity index (χ3n) is 6.29. The average Bonchev–Trinajstić information content (AvgIpc) is 2.77. The van der Waals surface area contributed by atoms with E-state index in [4.69, 9.17) is 0 Å². The monoisotopic (exact) mass is 409 g/mol. The number of para-hydroxylation sites is 1. The van der Waals surface area contributed by atoms with E-state index < -0.39 is 0 Å². The van der Waals surface area contributed by atoms with Gasteiger partial charge in [-0.1, -0.05) is 18.2 Å². The second-order valence-electron chi connectivity index (χ2n) is 8.14. The zero-order chi connectivity index (χ0) is 21.3. The van der Waals surface area contributed by atoms with Gasteiger partial charge in [0.25, 0.3) is 0 Å². The summed E-state index contributed by atoms with van der Waals surface area (Å²) in [7, 11) is 0. The van der Waals surface area contributed by atoms with Crippen LogP contribution in [-0.2, 0) is 11.2 Å². The lowest BCUT2D eigenvalue weighted by Crippen LogP contribution is -2.55. The summed E-state index contributed by atoms with van der Waals surface area (Å²) in [6.07, 6.45) is 2.00. The summed E-state index contributed by atoms with van der Waals surface area (Å²) < 4.78 is 14.5. The highest BCUT2D eigenvalue weighted by Crippen LogP contribution is 2.28. The van der Waals surface area contributed by atoms with Crippen LogP contribution in [0.5, 0.6) is 0 Å². The molecule has 0 aliphatic carbocycles. The molecule has 2 aliphatic heterocycles. The standard InChI is InChI=1S/C24H28FN3O2/c1-17(24(30)28-11-5-7-19-6-3-4-8-22(19)28)26-12-14-27(15-13-26)23-10-9-20(18(2)29)16-21(23)25/h3-4,6,8-10,16-17H,5,7,11-15H2,1-2H3. The number of hydrogen-bond acceptors (Lipinski definition) is 4. The summed E-state index contributed by atoms with van der Waals surface area (Å²) >= 11 is 0. The largest absolute Gasteiger partial charge is 0.367 e. The maximum atomic E-state index is 14.5. The van der Waals surface area contributed by atoms with E-state index in [2.05, 4.69) is 11.0 Å². The van der Waals surface area contributed by atoms with Crippen molar-refractivity contribution in [3.63, 3.8) is 0 Å². The van der Waals surface area contributed by atoms with Crippen molar-refractivity contribution in [2.24, 2.45) is 0 Å². The van der Waals surface area contributed by atoms with Gasteiger partial charge in [-0.05, 0) is 56.5 Å². The van der Waals surface area contributed by atoms with E-state index in [1.54, 1.807) is 12.1 Å². The Morgan fingerprint density at radius 1 is 0.967 bits per heavy atom. The average molecular weight is 410 g/mol. The Labute approximate surface area is 177 Å². The second kappa shape index (κ2) is 8.56. The number of nitrogens with zero attached hydrogens (tertiary/aromatic N) is 3. The predicted octanol–water partition coefficient (Wildman–Crippen LogP) is 3.52. The second-order valence-corrected chi connectivity index (χ2v) is 8.14. The van der Waals surface area contributed by atoms with Crippen LogP contribution in [0.1, 0.15) is 36.2 Å². The molecular weight excluding hydrogens is 381 g/mol. The molecule has 2 heterocycles. The van der Waals surface area contributed by atoms with Crippen molar-refractivity contribution in [2.75, 3.05) is 42.5 Å². The Bertz CT molecular complexity index is 953. The molecule has 2 aromatic carbocycles. The van der Waals surface area contributed by atoms with Crippen molar-refractivity contribution in [1.29, 1.82) is 0 Å². The minimum Gasteiger partial charge on any atom is -0.367 e. The first-order chi connectivity index (χ1) is 14.5. The number of halogens is 1. The van der Waals surface area contributed by atoms with Crippen LogP contribution in [0, 0.1) is 5.82 Å². The van der Waals surface area contributed by atoms with E-state index >= 15 is 0 Å². The number of piperazine rings is 1. The molecule has 0 spiro atoms. The summed E-state index contributed by atoms with van der Waals surface area (Å²) in [5.74, 6) is -0.380. The molecule has 2 aliphatic rings. The molecule has 4 rings (SSSR count). The third kappa shape index (κ3) is 3.97. The van der Waals surface area contributed by atoms with E-state index in [1.165, 1.54) is 18.6 Å². The lowest BCUT2D eigenvalue weighted by molar-refractivity contribution is -0.123. The van der Waals surface area contributed by atoms with Crippen LogP contribution >= 0.6 is 0 Å². The Balaban J connectivity index is 1.41. The number of amides is 1. The van der Waals surface area contributed by atoms with E-state index in [1.807, 2.05) is 34.9 Å². The fraction of sp³-hybridized carbons (Fsp3) is 0.417. The number of rotatable bonds is 4. The van der Waals surface area contributed by atoms with Crippen molar-refractivity contribution in [3.05, 3.63) is 59.4 Å². The van der Waals surface area contributed by atoms with Gasteiger partial charge in [0.2, 0.25) is 5.91 Å². The first kappa shape index (κ1) is 20.5. The number of anilines is 2. The lowest BCUT2D eigenvalue weighted by Gasteiger charge is -2.40. The van der Waals surface area contributed by atoms with Gasteiger partial charge in [-0.15, -0.1) is 0 Å². The van der Waals surface area contributed by atoms with Crippen LogP contribution in [0.25, 0.3) is 0 Å². The quantitative estimate of drug-likeness (QED) is 0.725. The van der Waals surface area contributed by atoms with Gasteiger partial charge in [-0.25, -0.2) is 4.39 Å². The molecule has 1 amide bonds. The van der Waals surface area contributed by atoms with Gasteiger partial charge in [0, 0.05) is 44.0 Å². The minimum absolute atomic E-state index is 0.132. The Morgan fingerprint density at radius 3 is 2.40 bits per heavy atom. The highest BCUT2D eigenvalue weighted by atomic mass is 19.1. The summed E-state index contributed by atoms with van der Waals surface area (Å²) in [4.78, 5) is 30.8. The number of hydrogen-bond donors (Lipinski definition) is 0. The molecule has 0 bridgehead atoms. The highest BCUT2D eigenvalue weighted by Gasteiger charge is 2.31. The van der Waals surface area contributed by atoms with Gasteiger partial charge in [0.1, 0.15) is 5.82 Å². The van der Waals surface area contributed by atoms with E-state index in [0.717, 1.165) is 25.1 Å². The summed E-state index contributed by atoms with van der Waals surface area (Å²) in [6.45, 7) is 6.83. The Morgan fingerprint density at radius 2 is 1.70 bits per heavy atom. The Kier molecular flexibility index (Phi) is 5.86. The first-order valence-electron chi connectivity index (χ1n) is 10.6. The zero-order valence-corrected chi connectivity index (χ0v) is 17.6. The van der Waals surface area contributed by atoms with Crippen LogP contribution in [0.3, 0.4) is 0 Å². The van der Waals surface area contributed by atoms with Crippen molar-refractivity contribution in [1.82, 2.24) is 4.90 Å². The maximum absolute atomic E-state index is 14.5. The predicted molar refractivity (Wildman–Crippen MR) is 117 cm³/mol. The minimum atomic E-state index is -0.370. The van der Waals surface area contributed by atoms with Crippen LogP contribution in [0.2, 0.25) is 0 Å². The van der Waals surface area contributed by atoms with Gasteiger partial charge in [0.15, 0.2) is 5.78 Å². The summed E-state index contributed by atoms with van der Waals surface area (Å²) in [6, 6.07) is 12.6. The highest BCUT2D eigenvalue weighted by molar-refractivity contribution is 5.98. The normalized spacial score (nSPS) is 18.1. The summed E-state index contributed by atoms with van der Waals surface area (Å²) in [5, 5.41) is 0. The molecular formula is C24H28FN3O2. The van der Waals surface area contributed by atoms with Crippen LogP contribution in [-0.4, -0.2) is 55.4 Å².